The number of hydrazine groups is 1. The summed E-state index contributed by atoms with van der Waals surface area (Å²) >= 11 is 12.0. The summed E-state index contributed by atoms with van der Waals surface area (Å²) in [6, 6.07) is 7.52. The Balaban J connectivity index is 1.65. The van der Waals surface area contributed by atoms with Crippen molar-refractivity contribution in [2.75, 3.05) is 48.5 Å². The van der Waals surface area contributed by atoms with Crippen molar-refractivity contribution in [3.05, 3.63) is 53.3 Å². The Morgan fingerprint density at radius 1 is 1.17 bits per heavy atom. The molecule has 3 aromatic rings. The number of hydrogen-bond donors (Lipinski definition) is 3. The third-order valence-electron chi connectivity index (χ3n) is 8.03. The van der Waals surface area contributed by atoms with E-state index in [0.29, 0.717) is 52.5 Å². The van der Waals surface area contributed by atoms with Crippen molar-refractivity contribution in [2.24, 2.45) is 0 Å². The van der Waals surface area contributed by atoms with Gasteiger partial charge >= 0.3 is 0 Å². The molecule has 0 aliphatic carbocycles. The van der Waals surface area contributed by atoms with Gasteiger partial charge in [-0.3, -0.25) is 10.2 Å². The Morgan fingerprint density at radius 3 is 2.57 bits per heavy atom. The van der Waals surface area contributed by atoms with Crippen LogP contribution in [0.25, 0.3) is 22.0 Å². The monoisotopic (exact) mass is 610 g/mol. The van der Waals surface area contributed by atoms with E-state index < -0.39 is 5.82 Å². The molecule has 2 saturated heterocycles. The maximum Gasteiger partial charge on any atom is 0.246 e. The molecule has 1 amide bonds. The molecule has 2 aromatic carbocycles. The number of thiocarbonyl (C=S) groups is 1. The van der Waals surface area contributed by atoms with Gasteiger partial charge in [-0.15, -0.1) is 0 Å². The molecule has 42 heavy (non-hydrogen) atoms. The number of hydrogen-bond acceptors (Lipinski definition) is 8. The molecule has 9 nitrogen and oxygen atoms in total. The predicted octanol–water partition coefficient (Wildman–Crippen LogP) is 4.68. The number of benzene rings is 2. The summed E-state index contributed by atoms with van der Waals surface area (Å²) in [5.74, 6) is 0.456. The van der Waals surface area contributed by atoms with Crippen LogP contribution in [-0.4, -0.2) is 77.1 Å². The molecule has 12 heteroatoms. The summed E-state index contributed by atoms with van der Waals surface area (Å²) in [7, 11) is 1.92. The Morgan fingerprint density at radius 2 is 1.90 bits per heavy atom. The first-order valence-electron chi connectivity index (χ1n) is 14.0. The van der Waals surface area contributed by atoms with Crippen molar-refractivity contribution in [3.63, 3.8) is 0 Å². The lowest BCUT2D eigenvalue weighted by molar-refractivity contribution is -0.128. The second-order valence-corrected chi connectivity index (χ2v) is 12.1. The van der Waals surface area contributed by atoms with Crippen molar-refractivity contribution >= 4 is 63.1 Å². The summed E-state index contributed by atoms with van der Waals surface area (Å²) < 4.78 is 16.7. The van der Waals surface area contributed by atoms with E-state index in [1.54, 1.807) is 17.9 Å². The van der Waals surface area contributed by atoms with Crippen molar-refractivity contribution < 1.29 is 9.18 Å². The highest BCUT2D eigenvalue weighted by molar-refractivity contribution is 7.80. The summed E-state index contributed by atoms with van der Waals surface area (Å²) in [5.41, 5.74) is 8.67. The second kappa shape index (κ2) is 12.0. The maximum absolute atomic E-state index is 16.7. The molecular formula is C30H36ClFN8OS. The molecule has 3 heterocycles. The molecule has 0 radical (unpaired) electrons. The molecule has 3 N–H and O–H groups in total. The minimum absolute atomic E-state index is 0.0823. The van der Waals surface area contributed by atoms with Crippen LogP contribution in [0.3, 0.4) is 0 Å². The zero-order valence-corrected chi connectivity index (χ0v) is 26.0. The number of rotatable bonds is 7. The van der Waals surface area contributed by atoms with E-state index in [1.165, 1.54) is 6.08 Å². The lowest BCUT2D eigenvalue weighted by Crippen LogP contribution is -2.59. The number of anilines is 3. The van der Waals surface area contributed by atoms with E-state index in [2.05, 4.69) is 27.6 Å². The van der Waals surface area contributed by atoms with Gasteiger partial charge in [0.15, 0.2) is 5.82 Å². The zero-order chi connectivity index (χ0) is 30.3. The number of aryl methyl sites for hydroxylation is 1. The van der Waals surface area contributed by atoms with Crippen LogP contribution in [0.5, 0.6) is 0 Å². The fraction of sp³-hybridized carbons (Fsp3) is 0.400. The van der Waals surface area contributed by atoms with E-state index in [9.17, 15) is 4.79 Å². The standard InChI is InChI=1S/C30H36ClFN8OS/c1-7-25(41)39-12-18(4)40(13-17(39)3)29-23-11-24(31)26(22-10-20(9-8-16(22)2)37-36-19(5)42)27(32)28(23)34-30(35-29)38-14-21(15-38)33-6/h7-11,17-18,21,33,37H,1,12-15H2,2-6H3,(H,36,42)/t17-,18+/m1/s1. The number of carbonyl (C=O) groups is 1. The smallest absolute Gasteiger partial charge is 0.246 e. The molecule has 2 aliphatic rings. The molecule has 1 aromatic heterocycles. The molecule has 0 spiro atoms. The number of fused-ring (bicyclic) bond motifs is 1. The topological polar surface area (TPSA) is 88.7 Å². The van der Waals surface area contributed by atoms with Gasteiger partial charge in [-0.25, -0.2) is 9.37 Å². The number of amides is 1. The van der Waals surface area contributed by atoms with E-state index in [-0.39, 0.29) is 34.1 Å². The van der Waals surface area contributed by atoms with Gasteiger partial charge in [0.2, 0.25) is 11.9 Å². The van der Waals surface area contributed by atoms with Crippen molar-refractivity contribution in [1.82, 2.24) is 25.6 Å². The third-order valence-corrected chi connectivity index (χ3v) is 8.43. The van der Waals surface area contributed by atoms with Crippen LogP contribution in [0.2, 0.25) is 5.02 Å². The molecule has 0 saturated carbocycles. The van der Waals surface area contributed by atoms with Crippen LogP contribution in [-0.2, 0) is 4.79 Å². The minimum atomic E-state index is -0.506. The van der Waals surface area contributed by atoms with Crippen LogP contribution in [0, 0.1) is 12.7 Å². The van der Waals surface area contributed by atoms with Gasteiger partial charge in [-0.05, 0) is 70.1 Å². The molecule has 0 bridgehead atoms. The molecule has 5 rings (SSSR count). The van der Waals surface area contributed by atoms with Gasteiger partial charge < -0.3 is 25.4 Å². The normalized spacial score (nSPS) is 19.1. The van der Waals surface area contributed by atoms with Crippen LogP contribution >= 0.6 is 23.8 Å². The van der Waals surface area contributed by atoms with E-state index in [1.807, 2.05) is 50.9 Å². The maximum atomic E-state index is 16.7. The number of nitrogens with one attached hydrogen (secondary N) is 3. The SMILES string of the molecule is C=CC(=O)N1C[C@H](C)N(c2nc(N3CC(NC)C3)nc3c(F)c(-c4cc(NNC(C)=S)ccc4C)c(Cl)cc23)C[C@H]1C. The summed E-state index contributed by atoms with van der Waals surface area (Å²) in [4.78, 5) is 28.8. The Labute approximate surface area is 256 Å². The van der Waals surface area contributed by atoms with E-state index in [0.717, 1.165) is 18.7 Å². The highest BCUT2D eigenvalue weighted by atomic mass is 35.5. The Hall–Kier alpha value is -3.54. The van der Waals surface area contributed by atoms with Crippen LogP contribution in [0.4, 0.5) is 21.8 Å². The molecule has 2 fully saturated rings. The van der Waals surface area contributed by atoms with Crippen LogP contribution < -0.4 is 26.0 Å². The third kappa shape index (κ3) is 5.60. The van der Waals surface area contributed by atoms with E-state index in [4.69, 9.17) is 33.8 Å². The molecule has 222 valence electrons. The lowest BCUT2D eigenvalue weighted by atomic mass is 9.97. The number of likely N-dealkylation sites (N-methyl/N-ethyl adjacent to an activating group) is 1. The lowest BCUT2D eigenvalue weighted by Gasteiger charge is -2.45. The Kier molecular flexibility index (Phi) is 8.54. The zero-order valence-electron chi connectivity index (χ0n) is 24.5. The number of halogens is 2. The summed E-state index contributed by atoms with van der Waals surface area (Å²) in [6.07, 6.45) is 1.34. The van der Waals surface area contributed by atoms with Crippen LogP contribution in [0.1, 0.15) is 26.3 Å². The highest BCUT2D eigenvalue weighted by Gasteiger charge is 2.35. The highest BCUT2D eigenvalue weighted by Crippen LogP contribution is 2.41. The van der Waals surface area contributed by atoms with Gasteiger partial charge in [0, 0.05) is 55.3 Å². The molecule has 2 atom stereocenters. The Bertz CT molecular complexity index is 1560. The predicted molar refractivity (Wildman–Crippen MR) is 173 cm³/mol. The number of carbonyl (C=O) groups excluding carboxylic acids is 1. The van der Waals surface area contributed by atoms with Gasteiger partial charge in [-0.2, -0.15) is 4.98 Å². The summed E-state index contributed by atoms with van der Waals surface area (Å²) in [6.45, 7) is 13.8. The average Bonchev–Trinajstić information content (AvgIpc) is 2.93. The summed E-state index contributed by atoms with van der Waals surface area (Å²) in [5, 5.41) is 4.06. The largest absolute Gasteiger partial charge is 0.349 e. The molecule has 2 aliphatic heterocycles. The number of piperazine rings is 1. The first-order chi connectivity index (χ1) is 20.0. The first-order valence-corrected chi connectivity index (χ1v) is 14.8. The average molecular weight is 611 g/mol. The van der Waals surface area contributed by atoms with Crippen molar-refractivity contribution in [2.45, 2.75) is 45.8 Å². The quantitative estimate of drug-likeness (QED) is 0.200. The van der Waals surface area contributed by atoms with Gasteiger partial charge in [0.05, 0.1) is 15.7 Å². The van der Waals surface area contributed by atoms with Gasteiger partial charge in [0.1, 0.15) is 11.3 Å². The minimum Gasteiger partial charge on any atom is -0.349 e. The van der Waals surface area contributed by atoms with Crippen LogP contribution in [0.15, 0.2) is 36.9 Å². The second-order valence-electron chi connectivity index (χ2n) is 11.1. The van der Waals surface area contributed by atoms with Gasteiger partial charge in [0.25, 0.3) is 0 Å². The van der Waals surface area contributed by atoms with E-state index >= 15 is 4.39 Å². The molecule has 0 unspecified atom stereocenters. The fourth-order valence-electron chi connectivity index (χ4n) is 5.58. The first kappa shape index (κ1) is 29.9. The van der Waals surface area contributed by atoms with Crippen molar-refractivity contribution in [1.29, 1.82) is 0 Å². The number of aromatic nitrogens is 2. The van der Waals surface area contributed by atoms with Crippen molar-refractivity contribution in [3.8, 4) is 11.1 Å². The molecular weight excluding hydrogens is 575 g/mol. The van der Waals surface area contributed by atoms with Gasteiger partial charge in [-0.1, -0.05) is 36.5 Å². The fourth-order valence-corrected chi connectivity index (χ4v) is 5.92. The number of nitrogens with zero attached hydrogens (tertiary/aromatic N) is 5.